The Morgan fingerprint density at radius 2 is 0.950 bits per heavy atom. The molecule has 0 saturated heterocycles. The van der Waals surface area contributed by atoms with Crippen LogP contribution in [0.15, 0.2) is 158 Å². The van der Waals surface area contributed by atoms with Crippen molar-refractivity contribution < 1.29 is 9.60 Å². The molecule has 0 nitrogen and oxygen atoms in total. The molecule has 0 aliphatic carbocycles. The van der Waals surface area contributed by atoms with E-state index in [2.05, 4.69) is 42.5 Å². The molecule has 0 amide bonds. The zero-order valence-electron chi connectivity index (χ0n) is 28.5. The minimum atomic E-state index is -0.479. The second kappa shape index (κ2) is 9.22. The fraction of sp³-hybridized carbons (Fsp3) is 0. The molecule has 8 rings (SSSR count). The van der Waals surface area contributed by atoms with Crippen LogP contribution in [0, 0.1) is 0 Å². The van der Waals surface area contributed by atoms with Crippen molar-refractivity contribution in [3.8, 4) is 33.4 Å². The van der Waals surface area contributed by atoms with E-state index < -0.39 is 18.1 Å². The van der Waals surface area contributed by atoms with Crippen molar-refractivity contribution in [2.75, 3.05) is 0 Å². The summed E-state index contributed by atoms with van der Waals surface area (Å²) in [4.78, 5) is 0. The van der Waals surface area contributed by atoms with Crippen molar-refractivity contribution in [2.45, 2.75) is 0 Å². The molecular formula is C40H26. The molecule has 0 aliphatic rings. The number of rotatable bonds is 3. The van der Waals surface area contributed by atoms with E-state index in [0.717, 1.165) is 49.2 Å². The molecule has 186 valence electrons. The van der Waals surface area contributed by atoms with Crippen LogP contribution >= 0.6 is 0 Å². The first-order chi connectivity index (χ1) is 22.8. The van der Waals surface area contributed by atoms with Crippen LogP contribution in [0.2, 0.25) is 0 Å². The highest BCUT2D eigenvalue weighted by Gasteiger charge is 2.18. The molecule has 0 aliphatic heterocycles. The first kappa shape index (κ1) is 16.7. The molecule has 0 atom stereocenters. The molecule has 0 unspecified atom stereocenters. The Bertz CT molecular complexity index is 2550. The minimum absolute atomic E-state index is 0.0501. The molecule has 0 heterocycles. The Hall–Kier alpha value is -5.20. The fourth-order valence-electron chi connectivity index (χ4n) is 5.90. The third-order valence-electron chi connectivity index (χ3n) is 7.69. The van der Waals surface area contributed by atoms with E-state index in [-0.39, 0.29) is 40.5 Å². The zero-order valence-corrected chi connectivity index (χ0v) is 21.5. The van der Waals surface area contributed by atoms with Gasteiger partial charge >= 0.3 is 0 Å². The quantitative estimate of drug-likeness (QED) is 0.206. The summed E-state index contributed by atoms with van der Waals surface area (Å²) < 4.78 is 61.1. The molecule has 8 aromatic rings. The van der Waals surface area contributed by atoms with Gasteiger partial charge in [0.2, 0.25) is 0 Å². The molecule has 40 heavy (non-hydrogen) atoms. The van der Waals surface area contributed by atoms with Crippen LogP contribution in [0.4, 0.5) is 0 Å². The van der Waals surface area contributed by atoms with E-state index in [0.29, 0.717) is 5.56 Å². The van der Waals surface area contributed by atoms with Gasteiger partial charge in [-0.2, -0.15) is 0 Å². The third kappa shape index (κ3) is 3.61. The van der Waals surface area contributed by atoms with Crippen LogP contribution < -0.4 is 0 Å². The van der Waals surface area contributed by atoms with Crippen molar-refractivity contribution in [3.63, 3.8) is 0 Å². The van der Waals surface area contributed by atoms with Crippen molar-refractivity contribution in [1.82, 2.24) is 0 Å². The summed E-state index contributed by atoms with van der Waals surface area (Å²) in [6.07, 6.45) is 0. The lowest BCUT2D eigenvalue weighted by atomic mass is 9.83. The number of hydrogen-bond donors (Lipinski definition) is 0. The monoisotopic (exact) mass is 513 g/mol. The highest BCUT2D eigenvalue weighted by Crippen LogP contribution is 2.46. The average molecular weight is 514 g/mol. The maximum atomic E-state index is 9.35. The highest BCUT2D eigenvalue weighted by molar-refractivity contribution is 6.22. The van der Waals surface area contributed by atoms with Gasteiger partial charge in [0.1, 0.15) is 0 Å². The van der Waals surface area contributed by atoms with Crippen LogP contribution in [0.1, 0.15) is 9.60 Å². The van der Waals surface area contributed by atoms with E-state index in [9.17, 15) is 1.37 Å². The van der Waals surface area contributed by atoms with Crippen molar-refractivity contribution in [1.29, 1.82) is 0 Å². The molecule has 0 aromatic heterocycles. The van der Waals surface area contributed by atoms with Crippen LogP contribution in [-0.2, 0) is 0 Å². The first-order valence-electron chi connectivity index (χ1n) is 16.8. The molecule has 0 spiro atoms. The molecule has 0 radical (unpaired) electrons. The van der Waals surface area contributed by atoms with E-state index >= 15 is 0 Å². The van der Waals surface area contributed by atoms with Crippen molar-refractivity contribution in [2.24, 2.45) is 0 Å². The molecule has 0 heteroatoms. The normalized spacial score (nSPS) is 13.9. The lowest BCUT2D eigenvalue weighted by Gasteiger charge is -2.20. The first-order valence-corrected chi connectivity index (χ1v) is 13.3. The molecule has 0 bridgehead atoms. The summed E-state index contributed by atoms with van der Waals surface area (Å²) >= 11 is 0. The Kier molecular flexibility index (Phi) is 3.85. The van der Waals surface area contributed by atoms with E-state index in [1.54, 1.807) is 0 Å². The van der Waals surface area contributed by atoms with Gasteiger partial charge in [-0.25, -0.2) is 0 Å². The highest BCUT2D eigenvalue weighted by atomic mass is 14.2. The van der Waals surface area contributed by atoms with E-state index in [4.69, 9.17) is 8.22 Å². The topological polar surface area (TPSA) is 0 Å². The predicted octanol–water partition coefficient (Wildman–Crippen LogP) is 11.3. The van der Waals surface area contributed by atoms with Gasteiger partial charge < -0.3 is 0 Å². The largest absolute Gasteiger partial charge is 0.0636 e. The van der Waals surface area contributed by atoms with Gasteiger partial charge in [-0.3, -0.25) is 0 Å². The molecule has 0 saturated carbocycles. The summed E-state index contributed by atoms with van der Waals surface area (Å²) in [6, 6.07) is 36.4. The summed E-state index contributed by atoms with van der Waals surface area (Å²) in [5, 5.41) is 5.56. The number of benzene rings is 8. The second-order valence-electron chi connectivity index (χ2n) is 9.95. The molecule has 0 N–H and O–H groups in total. The van der Waals surface area contributed by atoms with Crippen molar-refractivity contribution in [3.05, 3.63) is 158 Å². The van der Waals surface area contributed by atoms with Crippen LogP contribution in [0.5, 0.6) is 0 Å². The third-order valence-corrected chi connectivity index (χ3v) is 7.69. The van der Waals surface area contributed by atoms with Crippen molar-refractivity contribution >= 4 is 43.1 Å². The average Bonchev–Trinajstić information content (AvgIpc) is 3.10. The van der Waals surface area contributed by atoms with E-state index in [1.165, 1.54) is 5.39 Å². The predicted molar refractivity (Wildman–Crippen MR) is 173 cm³/mol. The van der Waals surface area contributed by atoms with Crippen LogP contribution in [0.25, 0.3) is 76.5 Å². The van der Waals surface area contributed by atoms with E-state index in [1.807, 2.05) is 72.8 Å². The Balaban J connectivity index is 1.51. The van der Waals surface area contributed by atoms with Crippen LogP contribution in [0.3, 0.4) is 0 Å². The number of fused-ring (bicyclic) bond motifs is 4. The lowest BCUT2D eigenvalue weighted by Crippen LogP contribution is -1.92. The SMILES string of the molecule is [2H]c1c([2H])c([2H])c2c([2H])c(-c3c4ccccc4c(-c4ccccc4-c4ccc5ccccc5c4)c4ccccc34)c([2H])c([2H])c2c1[2H]. The van der Waals surface area contributed by atoms with Gasteiger partial charge in [-0.1, -0.05) is 145 Å². The Morgan fingerprint density at radius 1 is 0.375 bits per heavy atom. The summed E-state index contributed by atoms with van der Waals surface area (Å²) in [5.74, 6) is 0. The smallest absolute Gasteiger partial charge is 0.0616 e. The zero-order chi connectivity index (χ0) is 32.6. The maximum absolute atomic E-state index is 9.35. The van der Waals surface area contributed by atoms with Gasteiger partial charge in [0, 0.05) is 0 Å². The second-order valence-corrected chi connectivity index (χ2v) is 9.95. The van der Waals surface area contributed by atoms with Gasteiger partial charge in [-0.15, -0.1) is 0 Å². The molecular weight excluding hydrogens is 480 g/mol. The molecule has 8 aromatic carbocycles. The summed E-state index contributed by atoms with van der Waals surface area (Å²) in [5.41, 5.74) is 4.97. The maximum Gasteiger partial charge on any atom is 0.0636 e. The Labute approximate surface area is 243 Å². The Morgan fingerprint density at radius 3 is 1.68 bits per heavy atom. The van der Waals surface area contributed by atoms with Gasteiger partial charge in [0.15, 0.2) is 0 Å². The van der Waals surface area contributed by atoms with Crippen LogP contribution in [-0.4, -0.2) is 0 Å². The standard InChI is InChI=1S/C40H26/c1-3-13-29-25-31(23-21-27(29)11-1)33-15-5-6-16-34(33)40-37-19-9-7-17-35(37)39(36-18-8-10-20-38(36)40)32-24-22-28-12-2-4-14-30(28)26-32/h1-26H/i2D,4D,12D,14D,22D,24D,26D. The summed E-state index contributed by atoms with van der Waals surface area (Å²) in [7, 11) is 0. The minimum Gasteiger partial charge on any atom is -0.0616 e. The number of hydrogen-bond acceptors (Lipinski definition) is 0. The molecule has 0 fully saturated rings. The fourth-order valence-corrected chi connectivity index (χ4v) is 5.90. The summed E-state index contributed by atoms with van der Waals surface area (Å²) in [6.45, 7) is 0. The van der Waals surface area contributed by atoms with Gasteiger partial charge in [0.25, 0.3) is 0 Å². The lowest BCUT2D eigenvalue weighted by molar-refractivity contribution is 1.62. The van der Waals surface area contributed by atoms with Gasteiger partial charge in [0.05, 0.1) is 9.60 Å². The van der Waals surface area contributed by atoms with Gasteiger partial charge in [-0.05, 0) is 88.6 Å².